The lowest BCUT2D eigenvalue weighted by Gasteiger charge is -2.02. The van der Waals surface area contributed by atoms with E-state index in [-0.39, 0.29) is 12.4 Å². The van der Waals surface area contributed by atoms with Gasteiger partial charge in [-0.25, -0.2) is 0 Å². The van der Waals surface area contributed by atoms with Crippen LogP contribution in [0.15, 0.2) is 40.9 Å². The van der Waals surface area contributed by atoms with Crippen LogP contribution in [0, 0.1) is 0 Å². The fraction of sp³-hybridized carbons (Fsp3) is 0. The molecule has 2 rings (SSSR count). The summed E-state index contributed by atoms with van der Waals surface area (Å²) < 4.78 is 1.09. The molecular weight excluding hydrogens is 249 g/mol. The minimum Gasteiger partial charge on any atom is -0.398 e. The van der Waals surface area contributed by atoms with Crippen molar-refractivity contribution in [2.75, 3.05) is 5.73 Å². The van der Waals surface area contributed by atoms with Gasteiger partial charge in [0.25, 0.3) is 0 Å². The Bertz CT molecular complexity index is 387. The highest BCUT2D eigenvalue weighted by Gasteiger charge is 1.98. The maximum Gasteiger partial charge on any atom is 0.0394 e. The van der Waals surface area contributed by atoms with Crippen molar-refractivity contribution in [1.82, 2.24) is 0 Å². The fourth-order valence-electron chi connectivity index (χ4n) is 1.30. The van der Waals surface area contributed by atoms with E-state index in [2.05, 4.69) is 22.0 Å². The van der Waals surface area contributed by atoms with Gasteiger partial charge in [0.05, 0.1) is 0 Å². The lowest BCUT2D eigenvalue weighted by molar-refractivity contribution is 1.70. The van der Waals surface area contributed by atoms with Gasteiger partial charge in [-0.2, -0.15) is 0 Å². The third kappa shape index (κ3) is 1.79. The molecule has 0 aliphatic heterocycles. The molecule has 68 valence electrons. The van der Waals surface area contributed by atoms with Crippen LogP contribution >= 0.6 is 28.3 Å². The molecule has 0 saturated carbocycles. The Kier molecular flexibility index (Phi) is 3.17. The van der Waals surface area contributed by atoms with Gasteiger partial charge in [-0.15, -0.1) is 12.4 Å². The average molecular weight is 259 g/mol. The average Bonchev–Trinajstić information content (AvgIpc) is 2.07. The molecule has 0 unspecified atom stereocenters. The van der Waals surface area contributed by atoms with E-state index >= 15 is 0 Å². The van der Waals surface area contributed by atoms with Crippen LogP contribution in [0.5, 0.6) is 0 Å². The summed E-state index contributed by atoms with van der Waals surface area (Å²) >= 11 is 3.48. The molecule has 0 saturated heterocycles. The smallest absolute Gasteiger partial charge is 0.0394 e. The van der Waals surface area contributed by atoms with E-state index < -0.39 is 0 Å². The van der Waals surface area contributed by atoms with E-state index in [4.69, 9.17) is 5.73 Å². The third-order valence-electron chi connectivity index (χ3n) is 1.90. The van der Waals surface area contributed by atoms with Gasteiger partial charge in [-0.05, 0) is 17.5 Å². The molecular formula is C10H9BrClN. The third-order valence-corrected chi connectivity index (χ3v) is 2.59. The zero-order valence-corrected chi connectivity index (χ0v) is 9.23. The first kappa shape index (κ1) is 10.4. The predicted octanol–water partition coefficient (Wildman–Crippen LogP) is 3.61. The first-order valence-corrected chi connectivity index (χ1v) is 4.51. The molecule has 0 fully saturated rings. The standard InChI is InChI=1S/C10H8BrN.ClH/c11-9-5-1-4-8-7(9)3-2-6-10(8)12;/h1-6H,12H2;1H. The number of benzene rings is 2. The fourth-order valence-corrected chi connectivity index (χ4v) is 1.79. The maximum atomic E-state index is 5.80. The summed E-state index contributed by atoms with van der Waals surface area (Å²) in [5, 5.41) is 2.27. The second-order valence-corrected chi connectivity index (χ2v) is 3.54. The van der Waals surface area contributed by atoms with Crippen molar-refractivity contribution in [2.45, 2.75) is 0 Å². The van der Waals surface area contributed by atoms with Crippen molar-refractivity contribution >= 4 is 44.8 Å². The monoisotopic (exact) mass is 257 g/mol. The second kappa shape index (κ2) is 3.99. The van der Waals surface area contributed by atoms with Crippen molar-refractivity contribution in [3.63, 3.8) is 0 Å². The Morgan fingerprint density at radius 3 is 2.23 bits per heavy atom. The normalized spacial score (nSPS) is 9.62. The number of halogens is 2. The van der Waals surface area contributed by atoms with Gasteiger partial charge in [0.15, 0.2) is 0 Å². The van der Waals surface area contributed by atoms with E-state index in [1.165, 1.54) is 0 Å². The molecule has 0 heterocycles. The van der Waals surface area contributed by atoms with Crippen LogP contribution in [0.3, 0.4) is 0 Å². The first-order chi connectivity index (χ1) is 5.79. The number of nitrogens with two attached hydrogens (primary N) is 1. The highest BCUT2D eigenvalue weighted by molar-refractivity contribution is 9.10. The van der Waals surface area contributed by atoms with Gasteiger partial charge in [0.2, 0.25) is 0 Å². The Morgan fingerprint density at radius 1 is 0.923 bits per heavy atom. The molecule has 0 aliphatic carbocycles. The molecule has 2 aromatic rings. The molecule has 0 radical (unpaired) electrons. The van der Waals surface area contributed by atoms with Crippen molar-refractivity contribution in [2.24, 2.45) is 0 Å². The summed E-state index contributed by atoms with van der Waals surface area (Å²) in [6.45, 7) is 0. The molecule has 2 N–H and O–H groups in total. The van der Waals surface area contributed by atoms with Gasteiger partial charge in [0.1, 0.15) is 0 Å². The molecule has 2 aromatic carbocycles. The number of hydrogen-bond donors (Lipinski definition) is 1. The Morgan fingerprint density at radius 2 is 1.54 bits per heavy atom. The number of nitrogen functional groups attached to an aromatic ring is 1. The summed E-state index contributed by atoms with van der Waals surface area (Å²) in [6, 6.07) is 12.0. The van der Waals surface area contributed by atoms with Gasteiger partial charge < -0.3 is 5.73 Å². The van der Waals surface area contributed by atoms with E-state index in [0.717, 1.165) is 20.9 Å². The van der Waals surface area contributed by atoms with Crippen LogP contribution in [0.2, 0.25) is 0 Å². The van der Waals surface area contributed by atoms with E-state index in [1.807, 2.05) is 30.3 Å². The van der Waals surface area contributed by atoms with Gasteiger partial charge in [-0.1, -0.05) is 40.2 Å². The zero-order valence-electron chi connectivity index (χ0n) is 6.83. The molecule has 1 nitrogen and oxygen atoms in total. The predicted molar refractivity (Wildman–Crippen MR) is 63.3 cm³/mol. The van der Waals surface area contributed by atoms with Crippen LogP contribution in [0.4, 0.5) is 5.69 Å². The Hall–Kier alpha value is -0.730. The highest BCUT2D eigenvalue weighted by Crippen LogP contribution is 2.27. The topological polar surface area (TPSA) is 26.0 Å². The lowest BCUT2D eigenvalue weighted by atomic mass is 10.1. The van der Waals surface area contributed by atoms with Gasteiger partial charge in [0, 0.05) is 15.5 Å². The van der Waals surface area contributed by atoms with Crippen LogP contribution < -0.4 is 5.73 Å². The molecule has 0 amide bonds. The van der Waals surface area contributed by atoms with Crippen LogP contribution in [0.25, 0.3) is 10.8 Å². The first-order valence-electron chi connectivity index (χ1n) is 3.72. The van der Waals surface area contributed by atoms with E-state index in [9.17, 15) is 0 Å². The van der Waals surface area contributed by atoms with Gasteiger partial charge in [-0.3, -0.25) is 0 Å². The number of rotatable bonds is 0. The van der Waals surface area contributed by atoms with Gasteiger partial charge >= 0.3 is 0 Å². The second-order valence-electron chi connectivity index (χ2n) is 2.68. The molecule has 0 aromatic heterocycles. The quantitative estimate of drug-likeness (QED) is 0.718. The maximum absolute atomic E-state index is 5.80. The molecule has 0 bridgehead atoms. The van der Waals surface area contributed by atoms with Crippen molar-refractivity contribution < 1.29 is 0 Å². The minimum atomic E-state index is 0. The molecule has 3 heteroatoms. The summed E-state index contributed by atoms with van der Waals surface area (Å²) in [6.07, 6.45) is 0. The zero-order chi connectivity index (χ0) is 8.55. The molecule has 0 aliphatic rings. The molecule has 13 heavy (non-hydrogen) atoms. The Balaban J connectivity index is 0.000000845. The van der Waals surface area contributed by atoms with Crippen molar-refractivity contribution in [1.29, 1.82) is 0 Å². The van der Waals surface area contributed by atoms with Crippen LogP contribution in [-0.4, -0.2) is 0 Å². The van der Waals surface area contributed by atoms with E-state index in [0.29, 0.717) is 0 Å². The highest BCUT2D eigenvalue weighted by atomic mass is 79.9. The SMILES string of the molecule is Cl.Nc1cccc2c(Br)cccc12. The minimum absolute atomic E-state index is 0. The summed E-state index contributed by atoms with van der Waals surface area (Å²) in [5.41, 5.74) is 6.63. The summed E-state index contributed by atoms with van der Waals surface area (Å²) in [4.78, 5) is 0. The number of hydrogen-bond acceptors (Lipinski definition) is 1. The van der Waals surface area contributed by atoms with Crippen LogP contribution in [-0.2, 0) is 0 Å². The van der Waals surface area contributed by atoms with Crippen LogP contribution in [0.1, 0.15) is 0 Å². The largest absolute Gasteiger partial charge is 0.398 e. The number of fused-ring (bicyclic) bond motifs is 1. The molecule has 0 spiro atoms. The summed E-state index contributed by atoms with van der Waals surface area (Å²) in [5.74, 6) is 0. The number of anilines is 1. The Labute approximate surface area is 91.5 Å². The van der Waals surface area contributed by atoms with Crippen molar-refractivity contribution in [3.05, 3.63) is 40.9 Å². The van der Waals surface area contributed by atoms with E-state index in [1.54, 1.807) is 0 Å². The summed E-state index contributed by atoms with van der Waals surface area (Å²) in [7, 11) is 0. The van der Waals surface area contributed by atoms with Crippen molar-refractivity contribution in [3.8, 4) is 0 Å². The lowest BCUT2D eigenvalue weighted by Crippen LogP contribution is -1.85. The molecule has 0 atom stereocenters.